The van der Waals surface area contributed by atoms with E-state index in [4.69, 9.17) is 15.0 Å². The number of hydrogen-bond donors (Lipinski definition) is 1. The predicted octanol–water partition coefficient (Wildman–Crippen LogP) is 4.50. The first-order valence-electron chi connectivity index (χ1n) is 11.3. The number of amides is 1. The Labute approximate surface area is 193 Å². The van der Waals surface area contributed by atoms with Crippen molar-refractivity contribution in [2.45, 2.75) is 63.2 Å². The summed E-state index contributed by atoms with van der Waals surface area (Å²) in [5.41, 5.74) is 11.6. The summed E-state index contributed by atoms with van der Waals surface area (Å²) in [5.74, 6) is -0.593. The van der Waals surface area contributed by atoms with Gasteiger partial charge in [-0.1, -0.05) is 48.5 Å². The largest absolute Gasteiger partial charge is 0.449 e. The normalized spacial score (nSPS) is 21.6. The third-order valence-corrected chi connectivity index (χ3v) is 6.37. The number of alkyl carbamates (subject to hydrolysis) is 1. The molecule has 0 aliphatic heterocycles. The van der Waals surface area contributed by atoms with E-state index in [0.29, 0.717) is 19.3 Å². The van der Waals surface area contributed by atoms with Gasteiger partial charge >= 0.3 is 12.3 Å². The van der Waals surface area contributed by atoms with E-state index in [1.807, 2.05) is 57.2 Å². The van der Waals surface area contributed by atoms with Gasteiger partial charge in [0, 0.05) is 5.92 Å². The van der Waals surface area contributed by atoms with Crippen LogP contribution in [0, 0.1) is 0 Å². The molecule has 4 rings (SSSR count). The zero-order valence-electron chi connectivity index (χ0n) is 19.2. The van der Waals surface area contributed by atoms with Crippen LogP contribution in [0.25, 0.3) is 16.7 Å². The molecule has 2 aromatic carbocycles. The van der Waals surface area contributed by atoms with Crippen molar-refractivity contribution < 1.29 is 23.9 Å². The van der Waals surface area contributed by atoms with Crippen LogP contribution in [0.1, 0.15) is 57.1 Å². The number of nitrogens with one attached hydrogen (secondary N) is 1. The van der Waals surface area contributed by atoms with Gasteiger partial charge in [-0.05, 0) is 62.3 Å². The van der Waals surface area contributed by atoms with Crippen LogP contribution in [0.15, 0.2) is 48.5 Å². The number of carbonyl (C=O) groups is 2. The minimum absolute atomic E-state index is 0.0843. The van der Waals surface area contributed by atoms with Crippen molar-refractivity contribution in [1.82, 2.24) is 5.32 Å². The number of fused-ring (bicyclic) bond motifs is 3. The maximum atomic E-state index is 13.0. The van der Waals surface area contributed by atoms with Crippen LogP contribution in [0.5, 0.6) is 0 Å². The molecule has 7 heteroatoms. The zero-order chi connectivity index (χ0) is 23.6. The molecule has 2 atom stereocenters. The summed E-state index contributed by atoms with van der Waals surface area (Å²) in [4.78, 5) is 28.8. The number of nitrogens with zero attached hydrogens (tertiary/aromatic N) is 2. The van der Waals surface area contributed by atoms with Crippen LogP contribution in [0.3, 0.4) is 0 Å². The summed E-state index contributed by atoms with van der Waals surface area (Å²) < 4.78 is 11.8. The summed E-state index contributed by atoms with van der Waals surface area (Å²) >= 11 is 0. The standard InChI is InChI=1S/C26H29N3O4/c1-25(2,3)33-23-13-8-14-26(23,22(30)15-28-27)29-24(31)32-16-21-19-11-6-4-9-17(19)18-10-5-7-12-20(18)21/h4-7,9-12,15,21,23H,8,13-14,16H2,1-3H3,(H,29,31)/t23-,26+/m1/s1. The highest BCUT2D eigenvalue weighted by Crippen LogP contribution is 2.44. The van der Waals surface area contributed by atoms with Crippen molar-refractivity contribution in [3.05, 3.63) is 65.2 Å². The van der Waals surface area contributed by atoms with Crippen LogP contribution in [0.2, 0.25) is 0 Å². The number of carbonyl (C=O) groups excluding carboxylic acids is 2. The van der Waals surface area contributed by atoms with Gasteiger partial charge in [-0.3, -0.25) is 4.79 Å². The first-order chi connectivity index (χ1) is 15.7. The Balaban J connectivity index is 1.53. The van der Waals surface area contributed by atoms with Crippen LogP contribution >= 0.6 is 0 Å². The molecule has 0 unspecified atom stereocenters. The molecule has 33 heavy (non-hydrogen) atoms. The van der Waals surface area contributed by atoms with E-state index in [9.17, 15) is 9.59 Å². The van der Waals surface area contributed by atoms with E-state index in [1.165, 1.54) is 0 Å². The van der Waals surface area contributed by atoms with E-state index in [2.05, 4.69) is 22.2 Å². The molecule has 0 aromatic heterocycles. The van der Waals surface area contributed by atoms with E-state index in [0.717, 1.165) is 28.5 Å². The maximum Gasteiger partial charge on any atom is 0.408 e. The third-order valence-electron chi connectivity index (χ3n) is 6.37. The fourth-order valence-electron chi connectivity index (χ4n) is 5.03. The summed E-state index contributed by atoms with van der Waals surface area (Å²) in [6, 6.07) is 16.2. The first-order valence-corrected chi connectivity index (χ1v) is 11.3. The monoisotopic (exact) mass is 447 g/mol. The van der Waals surface area contributed by atoms with Crippen molar-refractivity contribution >= 4 is 18.1 Å². The molecule has 1 fully saturated rings. The molecule has 2 aromatic rings. The fraction of sp³-hybridized carbons (Fsp3) is 0.423. The average molecular weight is 448 g/mol. The molecule has 1 saturated carbocycles. The molecule has 1 N–H and O–H groups in total. The maximum absolute atomic E-state index is 13.0. The van der Waals surface area contributed by atoms with Gasteiger partial charge in [-0.25, -0.2) is 4.79 Å². The lowest BCUT2D eigenvalue weighted by Gasteiger charge is -2.36. The van der Waals surface area contributed by atoms with Crippen molar-refractivity contribution in [1.29, 1.82) is 0 Å². The highest BCUT2D eigenvalue weighted by atomic mass is 16.6. The Bertz CT molecular complexity index is 1070. The molecule has 0 saturated heterocycles. The lowest BCUT2D eigenvalue weighted by Crippen LogP contribution is -2.61. The Morgan fingerprint density at radius 3 is 2.30 bits per heavy atom. The minimum Gasteiger partial charge on any atom is -0.449 e. The van der Waals surface area contributed by atoms with E-state index in [-0.39, 0.29) is 12.5 Å². The minimum atomic E-state index is -1.33. The van der Waals surface area contributed by atoms with Gasteiger partial charge in [0.2, 0.25) is 0 Å². The third kappa shape index (κ3) is 4.47. The average Bonchev–Trinajstić information content (AvgIpc) is 3.31. The summed E-state index contributed by atoms with van der Waals surface area (Å²) in [7, 11) is 0. The molecule has 7 nitrogen and oxygen atoms in total. The Kier molecular flexibility index (Phi) is 6.19. The molecular weight excluding hydrogens is 418 g/mol. The molecule has 0 bridgehead atoms. The van der Waals surface area contributed by atoms with Gasteiger partial charge in [-0.2, -0.15) is 4.79 Å². The van der Waals surface area contributed by atoms with Crippen LogP contribution in [-0.2, 0) is 14.3 Å². The number of rotatable bonds is 6. The first kappa shape index (κ1) is 22.9. The second kappa shape index (κ2) is 8.93. The molecule has 1 amide bonds. The molecule has 0 spiro atoms. The second-order valence-corrected chi connectivity index (χ2v) is 9.64. The van der Waals surface area contributed by atoms with Crippen molar-refractivity contribution in [2.24, 2.45) is 0 Å². The van der Waals surface area contributed by atoms with Gasteiger partial charge in [0.25, 0.3) is 5.78 Å². The van der Waals surface area contributed by atoms with Crippen molar-refractivity contribution in [3.8, 4) is 11.1 Å². The second-order valence-electron chi connectivity index (χ2n) is 9.64. The zero-order valence-corrected chi connectivity index (χ0v) is 19.2. The molecule has 172 valence electrons. The lowest BCUT2D eigenvalue weighted by atomic mass is 9.89. The van der Waals surface area contributed by atoms with Crippen LogP contribution in [-0.4, -0.2) is 46.7 Å². The molecule has 0 heterocycles. The highest BCUT2D eigenvalue weighted by molar-refractivity contribution is 6.30. The number of Topliss-reactive ketones (excluding diaryl/α,β-unsaturated/α-hetero) is 1. The smallest absolute Gasteiger partial charge is 0.408 e. The number of ketones is 1. The summed E-state index contributed by atoms with van der Waals surface area (Å²) in [6.45, 7) is 5.83. The fourth-order valence-corrected chi connectivity index (χ4v) is 5.03. The van der Waals surface area contributed by atoms with E-state index < -0.39 is 29.1 Å². The van der Waals surface area contributed by atoms with Gasteiger partial charge in [0.05, 0.1) is 11.7 Å². The molecule has 2 aliphatic rings. The number of hydrogen-bond acceptors (Lipinski definition) is 4. The Morgan fingerprint density at radius 1 is 1.12 bits per heavy atom. The van der Waals surface area contributed by atoms with E-state index in [1.54, 1.807) is 0 Å². The molecular formula is C26H29N3O4. The van der Waals surface area contributed by atoms with E-state index >= 15 is 0 Å². The van der Waals surface area contributed by atoms with Gasteiger partial charge in [0.1, 0.15) is 12.1 Å². The Hall–Kier alpha value is -3.28. The molecule has 2 aliphatic carbocycles. The van der Waals surface area contributed by atoms with Crippen LogP contribution < -0.4 is 5.32 Å². The van der Waals surface area contributed by atoms with Crippen molar-refractivity contribution in [3.63, 3.8) is 0 Å². The highest BCUT2D eigenvalue weighted by Gasteiger charge is 2.53. The predicted molar refractivity (Wildman–Crippen MR) is 124 cm³/mol. The number of benzene rings is 2. The lowest BCUT2D eigenvalue weighted by molar-refractivity contribution is -0.134. The molecule has 0 radical (unpaired) electrons. The topological polar surface area (TPSA) is 101 Å². The van der Waals surface area contributed by atoms with Gasteiger partial charge < -0.3 is 20.3 Å². The van der Waals surface area contributed by atoms with Gasteiger partial charge in [0.15, 0.2) is 0 Å². The Morgan fingerprint density at radius 2 is 1.73 bits per heavy atom. The summed E-state index contributed by atoms with van der Waals surface area (Å²) in [6.07, 6.45) is 1.25. The summed E-state index contributed by atoms with van der Waals surface area (Å²) in [5, 5.41) is 2.78. The van der Waals surface area contributed by atoms with Gasteiger partial charge in [-0.15, -0.1) is 0 Å². The number of ether oxygens (including phenoxy) is 2. The van der Waals surface area contributed by atoms with Crippen LogP contribution in [0.4, 0.5) is 4.79 Å². The SMILES string of the molecule is CC(C)(C)O[C@@H]1CCC[C@]1(NC(=O)OCC1c2ccccc2-c2ccccc21)C(=O)C=[N+]=[N-]. The quantitative estimate of drug-likeness (QED) is 0.400. The van der Waals surface area contributed by atoms with Crippen molar-refractivity contribution in [2.75, 3.05) is 6.61 Å².